The first-order valence-electron chi connectivity index (χ1n) is 8.87. The number of alkyl halides is 3. The molecule has 0 saturated carbocycles. The number of nitrogens with zero attached hydrogens (tertiary/aromatic N) is 3. The minimum absolute atomic E-state index is 0.00465. The Morgan fingerprint density at radius 1 is 1.15 bits per heavy atom. The Morgan fingerprint density at radius 3 is 2.56 bits per heavy atom. The van der Waals surface area contributed by atoms with Crippen LogP contribution in [-0.4, -0.2) is 87.4 Å². The van der Waals surface area contributed by atoms with Crippen molar-refractivity contribution >= 4 is 5.69 Å². The number of halogens is 3. The summed E-state index contributed by atoms with van der Waals surface area (Å²) in [5.74, 6) is -0.00465. The largest absolute Gasteiger partial charge is 0.418 e. The summed E-state index contributed by atoms with van der Waals surface area (Å²) < 4.78 is 39.7. The number of β-amino-alcohol motifs (C(OH)–C–C–N with tert-alkyl or cyclic N) is 1. The fourth-order valence-corrected chi connectivity index (χ4v) is 4.00. The van der Waals surface area contributed by atoms with Gasteiger partial charge >= 0.3 is 6.18 Å². The smallest absolute Gasteiger partial charge is 0.395 e. The zero-order chi connectivity index (χ0) is 19.8. The van der Waals surface area contributed by atoms with Crippen LogP contribution in [0.2, 0.25) is 0 Å². The molecule has 152 valence electrons. The summed E-state index contributed by atoms with van der Waals surface area (Å²) in [5, 5.41) is 39.2. The van der Waals surface area contributed by atoms with E-state index in [2.05, 4.69) is 4.98 Å². The third kappa shape index (κ3) is 4.19. The highest BCUT2D eigenvalue weighted by molar-refractivity contribution is 5.53. The Balaban J connectivity index is 1.69. The summed E-state index contributed by atoms with van der Waals surface area (Å²) >= 11 is 0. The fourth-order valence-electron chi connectivity index (χ4n) is 4.00. The molecule has 3 heterocycles. The van der Waals surface area contributed by atoms with E-state index in [0.29, 0.717) is 26.1 Å². The summed E-state index contributed by atoms with van der Waals surface area (Å²) in [4.78, 5) is 7.16. The predicted molar refractivity (Wildman–Crippen MR) is 90.0 cm³/mol. The van der Waals surface area contributed by atoms with Crippen LogP contribution in [0.1, 0.15) is 12.0 Å². The molecule has 2 fully saturated rings. The molecular formula is C17H24F3N3O4. The number of aliphatic hydroxyl groups is 4. The Hall–Kier alpha value is -1.46. The zero-order valence-corrected chi connectivity index (χ0v) is 14.6. The van der Waals surface area contributed by atoms with Crippen molar-refractivity contribution in [3.8, 4) is 0 Å². The van der Waals surface area contributed by atoms with E-state index >= 15 is 0 Å². The van der Waals surface area contributed by atoms with Crippen LogP contribution < -0.4 is 4.90 Å². The van der Waals surface area contributed by atoms with Crippen molar-refractivity contribution in [1.82, 2.24) is 9.88 Å². The molecule has 2 aliphatic rings. The van der Waals surface area contributed by atoms with Gasteiger partial charge in [0.1, 0.15) is 12.2 Å². The maximum Gasteiger partial charge on any atom is 0.418 e. The van der Waals surface area contributed by atoms with E-state index in [1.165, 1.54) is 6.20 Å². The normalized spacial score (nSPS) is 32.9. The quantitative estimate of drug-likeness (QED) is 0.559. The Kier molecular flexibility index (Phi) is 5.92. The molecule has 10 heteroatoms. The van der Waals surface area contributed by atoms with Crippen molar-refractivity contribution < 1.29 is 33.6 Å². The molecule has 0 radical (unpaired) electrons. The predicted octanol–water partition coefficient (Wildman–Crippen LogP) is -0.314. The molecule has 7 nitrogen and oxygen atoms in total. The SMILES string of the molecule is OCC1C(O)C(O)C(O)CN1C[C@@H]1CCN(c2cnccc2C(F)(F)F)C1. The van der Waals surface area contributed by atoms with Crippen LogP contribution in [0, 0.1) is 5.92 Å². The van der Waals surface area contributed by atoms with Gasteiger partial charge in [-0.15, -0.1) is 0 Å². The molecule has 4 unspecified atom stereocenters. The molecule has 5 atom stereocenters. The molecule has 0 bridgehead atoms. The molecule has 1 aromatic rings. The van der Waals surface area contributed by atoms with Gasteiger partial charge in [-0.25, -0.2) is 0 Å². The number of aliphatic hydroxyl groups excluding tert-OH is 4. The standard InChI is InChI=1S/C17H24F3N3O4/c18-17(19,20)11-1-3-21-5-12(11)22-4-2-10(6-22)7-23-8-14(25)16(27)15(26)13(23)9-24/h1,3,5,10,13-16,24-27H,2,4,6-9H2/t10-,13?,14?,15?,16?/m1/s1. The molecule has 0 aromatic carbocycles. The molecule has 2 saturated heterocycles. The third-order valence-corrected chi connectivity index (χ3v) is 5.44. The third-order valence-electron chi connectivity index (χ3n) is 5.44. The van der Waals surface area contributed by atoms with Crippen molar-refractivity contribution in [3.05, 3.63) is 24.0 Å². The number of aromatic nitrogens is 1. The second-order valence-corrected chi connectivity index (χ2v) is 7.24. The Labute approximate surface area is 154 Å². The van der Waals surface area contributed by atoms with Gasteiger partial charge in [-0.05, 0) is 18.4 Å². The average molecular weight is 391 g/mol. The average Bonchev–Trinajstić information content (AvgIpc) is 3.08. The highest BCUT2D eigenvalue weighted by atomic mass is 19.4. The molecule has 1 aromatic heterocycles. The lowest BCUT2D eigenvalue weighted by Crippen LogP contribution is -2.63. The summed E-state index contributed by atoms with van der Waals surface area (Å²) in [6.45, 7) is 0.899. The van der Waals surface area contributed by atoms with Gasteiger partial charge in [0.15, 0.2) is 0 Å². The van der Waals surface area contributed by atoms with E-state index < -0.39 is 36.1 Å². The maximum absolute atomic E-state index is 13.2. The van der Waals surface area contributed by atoms with Crippen LogP contribution in [0.3, 0.4) is 0 Å². The van der Waals surface area contributed by atoms with Crippen LogP contribution in [0.15, 0.2) is 18.5 Å². The van der Waals surface area contributed by atoms with E-state index in [1.807, 2.05) is 0 Å². The molecule has 0 amide bonds. The van der Waals surface area contributed by atoms with Crippen molar-refractivity contribution in [2.24, 2.45) is 5.92 Å². The van der Waals surface area contributed by atoms with Crippen LogP contribution in [-0.2, 0) is 6.18 Å². The van der Waals surface area contributed by atoms with Crippen molar-refractivity contribution in [2.75, 3.05) is 37.7 Å². The summed E-state index contributed by atoms with van der Waals surface area (Å²) in [5.41, 5.74) is -0.682. The maximum atomic E-state index is 13.2. The number of hydrogen-bond acceptors (Lipinski definition) is 7. The highest BCUT2D eigenvalue weighted by Crippen LogP contribution is 2.38. The van der Waals surface area contributed by atoms with Crippen molar-refractivity contribution in [1.29, 1.82) is 0 Å². The Morgan fingerprint density at radius 2 is 1.89 bits per heavy atom. The Bertz CT molecular complexity index is 648. The number of hydrogen-bond donors (Lipinski definition) is 4. The second kappa shape index (κ2) is 7.88. The molecule has 2 aliphatic heterocycles. The van der Waals surface area contributed by atoms with Gasteiger partial charge in [-0.2, -0.15) is 13.2 Å². The number of piperidine rings is 1. The number of likely N-dealkylation sites (tertiary alicyclic amines) is 1. The van der Waals surface area contributed by atoms with Crippen molar-refractivity contribution in [3.63, 3.8) is 0 Å². The highest BCUT2D eigenvalue weighted by Gasteiger charge is 2.42. The molecule has 0 aliphatic carbocycles. The first kappa shape index (κ1) is 20.3. The van der Waals surface area contributed by atoms with Gasteiger partial charge < -0.3 is 25.3 Å². The van der Waals surface area contributed by atoms with Gasteiger partial charge in [0.05, 0.1) is 36.2 Å². The summed E-state index contributed by atoms with van der Waals surface area (Å²) in [6, 6.07) is 0.241. The molecular weight excluding hydrogens is 367 g/mol. The lowest BCUT2D eigenvalue weighted by molar-refractivity contribution is -0.147. The summed E-state index contributed by atoms with van der Waals surface area (Å²) in [6.07, 6.45) is -5.25. The van der Waals surface area contributed by atoms with Crippen LogP contribution in [0.25, 0.3) is 0 Å². The fraction of sp³-hybridized carbons (Fsp3) is 0.706. The van der Waals surface area contributed by atoms with Gasteiger partial charge in [0.25, 0.3) is 0 Å². The van der Waals surface area contributed by atoms with E-state index in [4.69, 9.17) is 0 Å². The second-order valence-electron chi connectivity index (χ2n) is 7.24. The lowest BCUT2D eigenvalue weighted by Gasteiger charge is -2.44. The van der Waals surface area contributed by atoms with Crippen molar-refractivity contribution in [2.45, 2.75) is 37.0 Å². The molecule has 0 spiro atoms. The van der Waals surface area contributed by atoms with Crippen LogP contribution in [0.4, 0.5) is 18.9 Å². The van der Waals surface area contributed by atoms with Gasteiger partial charge in [-0.1, -0.05) is 0 Å². The monoisotopic (exact) mass is 391 g/mol. The first-order chi connectivity index (χ1) is 12.7. The van der Waals surface area contributed by atoms with Gasteiger partial charge in [-0.3, -0.25) is 9.88 Å². The molecule has 4 N–H and O–H groups in total. The number of pyridine rings is 1. The van der Waals surface area contributed by atoms with Gasteiger partial charge in [0, 0.05) is 32.4 Å². The first-order valence-corrected chi connectivity index (χ1v) is 8.87. The summed E-state index contributed by atoms with van der Waals surface area (Å²) in [7, 11) is 0. The topological polar surface area (TPSA) is 100 Å². The van der Waals surface area contributed by atoms with E-state index in [0.717, 1.165) is 12.3 Å². The zero-order valence-electron chi connectivity index (χ0n) is 14.6. The minimum atomic E-state index is -4.46. The van der Waals surface area contributed by atoms with E-state index in [1.54, 1.807) is 9.80 Å². The van der Waals surface area contributed by atoms with Gasteiger partial charge in [0.2, 0.25) is 0 Å². The van der Waals surface area contributed by atoms with E-state index in [9.17, 15) is 33.6 Å². The number of rotatable bonds is 4. The van der Waals surface area contributed by atoms with Crippen LogP contribution >= 0.6 is 0 Å². The number of anilines is 1. The minimum Gasteiger partial charge on any atom is -0.395 e. The van der Waals surface area contributed by atoms with E-state index in [-0.39, 0.29) is 24.8 Å². The van der Waals surface area contributed by atoms with Crippen LogP contribution in [0.5, 0.6) is 0 Å². The molecule has 27 heavy (non-hydrogen) atoms. The molecule has 3 rings (SSSR count). The lowest BCUT2D eigenvalue weighted by atomic mass is 9.93.